The zero-order chi connectivity index (χ0) is 18.6. The molecule has 0 aliphatic rings. The molecular formula is C18H21N3O4. The fourth-order valence-corrected chi connectivity index (χ4v) is 2.35. The third-order valence-electron chi connectivity index (χ3n) is 3.75. The van der Waals surface area contributed by atoms with Gasteiger partial charge in [-0.1, -0.05) is 39.0 Å². The minimum Gasteiger partial charge on any atom is -0.465 e. The Morgan fingerprint density at radius 3 is 2.32 bits per heavy atom. The normalized spacial score (nSPS) is 11.0. The molecule has 7 nitrogen and oxygen atoms in total. The minimum atomic E-state index is -1.34. The summed E-state index contributed by atoms with van der Waals surface area (Å²) in [4.78, 5) is 21.2. The number of hydrogen-bond donors (Lipinski definition) is 3. The summed E-state index contributed by atoms with van der Waals surface area (Å²) >= 11 is 0. The molecule has 0 saturated carbocycles. The van der Waals surface area contributed by atoms with E-state index < -0.39 is 11.0 Å². The zero-order valence-corrected chi connectivity index (χ0v) is 14.4. The predicted molar refractivity (Wildman–Crippen MR) is 97.2 cm³/mol. The summed E-state index contributed by atoms with van der Waals surface area (Å²) in [6.45, 7) is 6.81. The molecule has 0 aliphatic heterocycles. The average Bonchev–Trinajstić information content (AvgIpc) is 2.52. The zero-order valence-electron chi connectivity index (χ0n) is 14.4. The van der Waals surface area contributed by atoms with E-state index in [-0.39, 0.29) is 16.8 Å². The summed E-state index contributed by atoms with van der Waals surface area (Å²) in [5.74, 6) is 0. The molecule has 0 spiro atoms. The van der Waals surface area contributed by atoms with Crippen molar-refractivity contribution in [1.29, 1.82) is 0 Å². The van der Waals surface area contributed by atoms with Crippen LogP contribution in [-0.2, 0) is 12.0 Å². The van der Waals surface area contributed by atoms with Gasteiger partial charge in [0.2, 0.25) is 0 Å². The van der Waals surface area contributed by atoms with Gasteiger partial charge in [-0.15, -0.1) is 0 Å². The summed E-state index contributed by atoms with van der Waals surface area (Å²) in [5.41, 5.74) is 2.57. The molecule has 0 radical (unpaired) electrons. The van der Waals surface area contributed by atoms with E-state index in [1.54, 1.807) is 6.07 Å². The van der Waals surface area contributed by atoms with Crippen molar-refractivity contribution in [3.8, 4) is 0 Å². The minimum absolute atomic E-state index is 0.0456. The molecule has 0 aromatic heterocycles. The fourth-order valence-electron chi connectivity index (χ4n) is 2.35. The number of carbonyl (C=O) groups is 1. The molecule has 25 heavy (non-hydrogen) atoms. The Kier molecular flexibility index (Phi) is 5.26. The van der Waals surface area contributed by atoms with Crippen molar-refractivity contribution in [1.82, 2.24) is 0 Å². The molecule has 132 valence electrons. The summed E-state index contributed by atoms with van der Waals surface area (Å²) in [6.07, 6.45) is -1.34. The molecular weight excluding hydrogens is 322 g/mol. The van der Waals surface area contributed by atoms with Crippen LogP contribution in [0.4, 0.5) is 21.9 Å². The fraction of sp³-hybridized carbons (Fsp3) is 0.278. The van der Waals surface area contributed by atoms with Gasteiger partial charge in [0.05, 0.1) is 4.92 Å². The number of nitrogens with zero attached hydrogens (tertiary/aromatic N) is 1. The molecule has 0 fully saturated rings. The SMILES string of the molecule is CC(C)(C)c1ccc(NCc2ccc(NC(=O)O)c([N+](=O)[O-])c2)cc1. The lowest BCUT2D eigenvalue weighted by molar-refractivity contribution is -0.384. The van der Waals surface area contributed by atoms with Gasteiger partial charge < -0.3 is 10.4 Å². The van der Waals surface area contributed by atoms with Crippen LogP contribution in [0.25, 0.3) is 0 Å². The Balaban J connectivity index is 2.11. The van der Waals surface area contributed by atoms with Crippen molar-refractivity contribution in [2.45, 2.75) is 32.7 Å². The number of anilines is 2. The molecule has 0 aliphatic carbocycles. The van der Waals surface area contributed by atoms with Gasteiger partial charge in [-0.3, -0.25) is 15.4 Å². The maximum absolute atomic E-state index is 11.1. The van der Waals surface area contributed by atoms with E-state index in [2.05, 4.69) is 26.1 Å². The van der Waals surface area contributed by atoms with E-state index in [9.17, 15) is 14.9 Å². The molecule has 0 unspecified atom stereocenters. The lowest BCUT2D eigenvalue weighted by Crippen LogP contribution is -2.11. The van der Waals surface area contributed by atoms with Gasteiger partial charge in [-0.2, -0.15) is 0 Å². The van der Waals surface area contributed by atoms with E-state index in [0.717, 1.165) is 5.69 Å². The summed E-state index contributed by atoms with van der Waals surface area (Å²) in [7, 11) is 0. The monoisotopic (exact) mass is 343 g/mol. The molecule has 1 amide bonds. The van der Waals surface area contributed by atoms with Crippen LogP contribution in [0, 0.1) is 10.1 Å². The quantitative estimate of drug-likeness (QED) is 0.544. The van der Waals surface area contributed by atoms with E-state index in [1.165, 1.54) is 17.7 Å². The standard InChI is InChI=1S/C18H21N3O4/c1-18(2,3)13-5-7-14(8-6-13)19-11-12-4-9-15(20-17(22)23)16(10-12)21(24)25/h4-10,19-20H,11H2,1-3H3,(H,22,23). The number of benzene rings is 2. The van der Waals surface area contributed by atoms with Gasteiger partial charge in [-0.05, 0) is 34.7 Å². The second-order valence-electron chi connectivity index (χ2n) is 6.72. The highest BCUT2D eigenvalue weighted by atomic mass is 16.6. The van der Waals surface area contributed by atoms with Crippen LogP contribution in [0.5, 0.6) is 0 Å². The third-order valence-corrected chi connectivity index (χ3v) is 3.75. The van der Waals surface area contributed by atoms with Crippen molar-refractivity contribution in [3.05, 3.63) is 63.7 Å². The van der Waals surface area contributed by atoms with Gasteiger partial charge in [0.25, 0.3) is 5.69 Å². The highest BCUT2D eigenvalue weighted by molar-refractivity contribution is 5.86. The number of hydrogen-bond acceptors (Lipinski definition) is 4. The van der Waals surface area contributed by atoms with Crippen LogP contribution in [0.3, 0.4) is 0 Å². The molecule has 0 heterocycles. The number of amides is 1. The Labute approximate surface area is 145 Å². The van der Waals surface area contributed by atoms with Crippen molar-refractivity contribution >= 4 is 23.2 Å². The van der Waals surface area contributed by atoms with E-state index in [1.807, 2.05) is 29.6 Å². The number of rotatable bonds is 5. The maximum atomic E-state index is 11.1. The first kappa shape index (κ1) is 18.3. The first-order valence-electron chi connectivity index (χ1n) is 7.78. The Hall–Kier alpha value is -3.09. The number of carboxylic acid groups (broad SMARTS) is 1. The van der Waals surface area contributed by atoms with E-state index in [4.69, 9.17) is 5.11 Å². The molecule has 7 heteroatoms. The van der Waals surface area contributed by atoms with E-state index in [0.29, 0.717) is 12.1 Å². The molecule has 0 bridgehead atoms. The van der Waals surface area contributed by atoms with Crippen LogP contribution in [0.2, 0.25) is 0 Å². The van der Waals surface area contributed by atoms with Crippen LogP contribution < -0.4 is 10.6 Å². The Morgan fingerprint density at radius 2 is 1.80 bits per heavy atom. The van der Waals surface area contributed by atoms with E-state index >= 15 is 0 Å². The second-order valence-corrected chi connectivity index (χ2v) is 6.72. The smallest absolute Gasteiger partial charge is 0.409 e. The predicted octanol–water partition coefficient (Wildman–Crippen LogP) is 4.59. The number of nitro benzene ring substituents is 1. The van der Waals surface area contributed by atoms with Crippen LogP contribution >= 0.6 is 0 Å². The topological polar surface area (TPSA) is 104 Å². The Bertz CT molecular complexity index is 780. The van der Waals surface area contributed by atoms with Gasteiger partial charge in [0.1, 0.15) is 5.69 Å². The average molecular weight is 343 g/mol. The Morgan fingerprint density at radius 1 is 1.16 bits per heavy atom. The maximum Gasteiger partial charge on any atom is 0.409 e. The lowest BCUT2D eigenvalue weighted by Gasteiger charge is -2.19. The van der Waals surface area contributed by atoms with Gasteiger partial charge >= 0.3 is 6.09 Å². The first-order chi connectivity index (χ1) is 11.7. The third kappa shape index (κ3) is 4.94. The van der Waals surface area contributed by atoms with Crippen molar-refractivity contribution < 1.29 is 14.8 Å². The van der Waals surface area contributed by atoms with Crippen LogP contribution in [-0.4, -0.2) is 16.1 Å². The summed E-state index contributed by atoms with van der Waals surface area (Å²) < 4.78 is 0. The first-order valence-corrected chi connectivity index (χ1v) is 7.78. The van der Waals surface area contributed by atoms with Crippen LogP contribution in [0.1, 0.15) is 31.9 Å². The van der Waals surface area contributed by atoms with Gasteiger partial charge in [0, 0.05) is 18.3 Å². The number of nitro groups is 1. The molecule has 0 saturated heterocycles. The number of nitrogens with one attached hydrogen (secondary N) is 2. The molecule has 2 aromatic rings. The molecule has 2 aromatic carbocycles. The van der Waals surface area contributed by atoms with Crippen molar-refractivity contribution in [2.75, 3.05) is 10.6 Å². The highest BCUT2D eigenvalue weighted by Crippen LogP contribution is 2.27. The summed E-state index contributed by atoms with van der Waals surface area (Å²) in [5, 5.41) is 25.1. The van der Waals surface area contributed by atoms with Crippen molar-refractivity contribution in [2.24, 2.45) is 0 Å². The van der Waals surface area contributed by atoms with Gasteiger partial charge in [-0.25, -0.2) is 4.79 Å². The molecule has 2 rings (SSSR count). The molecule has 0 atom stereocenters. The molecule has 3 N–H and O–H groups in total. The largest absolute Gasteiger partial charge is 0.465 e. The van der Waals surface area contributed by atoms with Gasteiger partial charge in [0.15, 0.2) is 0 Å². The highest BCUT2D eigenvalue weighted by Gasteiger charge is 2.16. The lowest BCUT2D eigenvalue weighted by atomic mass is 9.87. The summed E-state index contributed by atoms with van der Waals surface area (Å²) in [6, 6.07) is 12.4. The second kappa shape index (κ2) is 7.21. The van der Waals surface area contributed by atoms with Crippen LogP contribution in [0.15, 0.2) is 42.5 Å². The van der Waals surface area contributed by atoms with Crippen molar-refractivity contribution in [3.63, 3.8) is 0 Å².